The number of rotatable bonds is 3. The monoisotopic (exact) mass is 268 g/mol. The molecule has 0 spiro atoms. The normalized spacial score (nSPS) is 43.2. The molecule has 1 heterocycles. The van der Waals surface area contributed by atoms with Gasteiger partial charge in [0.1, 0.15) is 0 Å². The van der Waals surface area contributed by atoms with Gasteiger partial charge in [-0.1, -0.05) is 13.8 Å². The molecule has 1 saturated carbocycles. The van der Waals surface area contributed by atoms with Gasteiger partial charge in [-0.25, -0.2) is 0 Å². The van der Waals surface area contributed by atoms with E-state index in [1.165, 1.54) is 0 Å². The lowest BCUT2D eigenvalue weighted by Crippen LogP contribution is -2.48. The zero-order valence-corrected chi connectivity index (χ0v) is 12.4. The summed E-state index contributed by atoms with van der Waals surface area (Å²) in [6.45, 7) is 7.87. The Morgan fingerprint density at radius 2 is 2.11 bits per heavy atom. The molecule has 2 aliphatic rings. The maximum atomic E-state index is 12.3. The molecule has 3 N–H and O–H groups in total. The standard InChI is InChI=1S/C15H28N2O2/c1-10-7-11(2)13(16)8-12(10)14(18)17-9-15(3)5-4-6-19-15/h10-13H,4-9,16H2,1-3H3,(H,17,18). The van der Waals surface area contributed by atoms with E-state index in [1.807, 2.05) is 0 Å². The van der Waals surface area contributed by atoms with Crippen molar-refractivity contribution in [1.29, 1.82) is 0 Å². The molecular formula is C15H28N2O2. The average Bonchev–Trinajstić information content (AvgIpc) is 2.78. The van der Waals surface area contributed by atoms with Crippen LogP contribution in [0.2, 0.25) is 0 Å². The largest absolute Gasteiger partial charge is 0.373 e. The van der Waals surface area contributed by atoms with Gasteiger partial charge in [0.15, 0.2) is 0 Å². The van der Waals surface area contributed by atoms with Crippen LogP contribution >= 0.6 is 0 Å². The molecule has 1 amide bonds. The smallest absolute Gasteiger partial charge is 0.223 e. The van der Waals surface area contributed by atoms with Gasteiger partial charge >= 0.3 is 0 Å². The van der Waals surface area contributed by atoms with E-state index in [0.717, 1.165) is 32.3 Å². The molecule has 5 unspecified atom stereocenters. The van der Waals surface area contributed by atoms with Crippen LogP contribution in [0.5, 0.6) is 0 Å². The summed E-state index contributed by atoms with van der Waals surface area (Å²) >= 11 is 0. The topological polar surface area (TPSA) is 64.3 Å². The van der Waals surface area contributed by atoms with Crippen LogP contribution < -0.4 is 11.1 Å². The Labute approximate surface area is 116 Å². The first kappa shape index (κ1) is 14.8. The fraction of sp³-hybridized carbons (Fsp3) is 0.933. The molecule has 110 valence electrons. The summed E-state index contributed by atoms with van der Waals surface area (Å²) in [5.74, 6) is 1.17. The number of nitrogens with two attached hydrogens (primary N) is 1. The molecule has 1 saturated heterocycles. The molecule has 5 atom stereocenters. The quantitative estimate of drug-likeness (QED) is 0.818. The van der Waals surface area contributed by atoms with Crippen molar-refractivity contribution in [3.63, 3.8) is 0 Å². The zero-order valence-electron chi connectivity index (χ0n) is 12.4. The second kappa shape index (κ2) is 5.80. The molecule has 1 aliphatic heterocycles. The third-order valence-electron chi connectivity index (χ3n) is 4.96. The van der Waals surface area contributed by atoms with E-state index in [1.54, 1.807) is 0 Å². The third kappa shape index (κ3) is 3.48. The Morgan fingerprint density at radius 3 is 2.74 bits per heavy atom. The highest BCUT2D eigenvalue weighted by atomic mass is 16.5. The van der Waals surface area contributed by atoms with Crippen LogP contribution in [0.1, 0.15) is 46.5 Å². The Balaban J connectivity index is 1.85. The van der Waals surface area contributed by atoms with Gasteiger partial charge in [0.05, 0.1) is 5.60 Å². The minimum absolute atomic E-state index is 0.0659. The fourth-order valence-electron chi connectivity index (χ4n) is 3.43. The molecule has 0 aromatic carbocycles. The Hall–Kier alpha value is -0.610. The molecule has 2 fully saturated rings. The molecule has 1 aliphatic carbocycles. The summed E-state index contributed by atoms with van der Waals surface area (Å²) in [4.78, 5) is 12.3. The van der Waals surface area contributed by atoms with E-state index in [4.69, 9.17) is 10.5 Å². The lowest BCUT2D eigenvalue weighted by molar-refractivity contribution is -0.129. The number of ether oxygens (including phenoxy) is 1. The van der Waals surface area contributed by atoms with Crippen LogP contribution in [0.4, 0.5) is 0 Å². The SMILES string of the molecule is CC1CC(C)C(C(=O)NCC2(C)CCCO2)CC1N. The van der Waals surface area contributed by atoms with Crippen molar-refractivity contribution >= 4 is 5.91 Å². The van der Waals surface area contributed by atoms with Crippen molar-refractivity contribution in [1.82, 2.24) is 5.32 Å². The first-order valence-electron chi connectivity index (χ1n) is 7.58. The van der Waals surface area contributed by atoms with Gasteiger partial charge in [0, 0.05) is 25.1 Å². The molecule has 0 aromatic heterocycles. The molecule has 0 bridgehead atoms. The maximum Gasteiger partial charge on any atom is 0.223 e. The van der Waals surface area contributed by atoms with Crippen molar-refractivity contribution < 1.29 is 9.53 Å². The molecule has 0 aromatic rings. The van der Waals surface area contributed by atoms with Crippen LogP contribution in [0.3, 0.4) is 0 Å². The zero-order chi connectivity index (χ0) is 14.0. The molecular weight excluding hydrogens is 240 g/mol. The first-order valence-corrected chi connectivity index (χ1v) is 7.58. The Bertz CT molecular complexity index is 326. The summed E-state index contributed by atoms with van der Waals surface area (Å²) in [6, 6.07) is 0.158. The van der Waals surface area contributed by atoms with Gasteiger partial charge in [-0.05, 0) is 44.4 Å². The molecule has 19 heavy (non-hydrogen) atoms. The highest BCUT2D eigenvalue weighted by molar-refractivity contribution is 5.79. The predicted octanol–water partition coefficient (Wildman–Crippen LogP) is 1.68. The number of carbonyl (C=O) groups excluding carboxylic acids is 1. The van der Waals surface area contributed by atoms with Crippen molar-refractivity contribution in [2.45, 2.75) is 58.1 Å². The van der Waals surface area contributed by atoms with Crippen LogP contribution in [0, 0.1) is 17.8 Å². The van der Waals surface area contributed by atoms with Crippen LogP contribution in [0.25, 0.3) is 0 Å². The number of amides is 1. The number of hydrogen-bond acceptors (Lipinski definition) is 3. The summed E-state index contributed by atoms with van der Waals surface area (Å²) in [6.07, 6.45) is 3.98. The van der Waals surface area contributed by atoms with Gasteiger partial charge in [-0.2, -0.15) is 0 Å². The van der Waals surface area contributed by atoms with Crippen molar-refractivity contribution in [3.8, 4) is 0 Å². The lowest BCUT2D eigenvalue weighted by atomic mass is 9.72. The minimum atomic E-state index is -0.164. The molecule has 0 radical (unpaired) electrons. The Kier molecular flexibility index (Phi) is 4.51. The van der Waals surface area contributed by atoms with E-state index >= 15 is 0 Å². The van der Waals surface area contributed by atoms with Gasteiger partial charge in [0.2, 0.25) is 5.91 Å². The van der Waals surface area contributed by atoms with Crippen LogP contribution in [0.15, 0.2) is 0 Å². The number of carbonyl (C=O) groups is 1. The van der Waals surface area contributed by atoms with Crippen molar-refractivity contribution in [2.24, 2.45) is 23.5 Å². The summed E-state index contributed by atoms with van der Waals surface area (Å²) in [5.41, 5.74) is 5.94. The lowest BCUT2D eigenvalue weighted by Gasteiger charge is -2.36. The summed E-state index contributed by atoms with van der Waals surface area (Å²) in [5, 5.41) is 3.08. The fourth-order valence-corrected chi connectivity index (χ4v) is 3.43. The van der Waals surface area contributed by atoms with E-state index in [-0.39, 0.29) is 23.5 Å². The van der Waals surface area contributed by atoms with Gasteiger partial charge in [-0.3, -0.25) is 4.79 Å². The summed E-state index contributed by atoms with van der Waals surface area (Å²) in [7, 11) is 0. The first-order chi connectivity index (χ1) is 8.91. The van der Waals surface area contributed by atoms with Gasteiger partial charge in [0.25, 0.3) is 0 Å². The van der Waals surface area contributed by atoms with E-state index < -0.39 is 0 Å². The van der Waals surface area contributed by atoms with E-state index in [2.05, 4.69) is 26.1 Å². The summed E-state index contributed by atoms with van der Waals surface area (Å²) < 4.78 is 5.70. The maximum absolute atomic E-state index is 12.3. The van der Waals surface area contributed by atoms with Crippen molar-refractivity contribution in [2.75, 3.05) is 13.2 Å². The number of hydrogen-bond donors (Lipinski definition) is 2. The van der Waals surface area contributed by atoms with Crippen LogP contribution in [-0.4, -0.2) is 30.7 Å². The third-order valence-corrected chi connectivity index (χ3v) is 4.96. The predicted molar refractivity (Wildman–Crippen MR) is 75.6 cm³/mol. The highest BCUT2D eigenvalue weighted by Crippen LogP contribution is 2.33. The second-order valence-corrected chi connectivity index (χ2v) is 6.82. The van der Waals surface area contributed by atoms with Crippen molar-refractivity contribution in [3.05, 3.63) is 0 Å². The van der Waals surface area contributed by atoms with E-state index in [0.29, 0.717) is 18.4 Å². The van der Waals surface area contributed by atoms with Gasteiger partial charge < -0.3 is 15.8 Å². The molecule has 4 nitrogen and oxygen atoms in total. The highest BCUT2D eigenvalue weighted by Gasteiger charge is 2.36. The molecule has 2 rings (SSSR count). The number of nitrogens with one attached hydrogen (secondary N) is 1. The van der Waals surface area contributed by atoms with Gasteiger partial charge in [-0.15, -0.1) is 0 Å². The second-order valence-electron chi connectivity index (χ2n) is 6.82. The average molecular weight is 268 g/mol. The Morgan fingerprint density at radius 1 is 1.37 bits per heavy atom. The molecule has 4 heteroatoms. The van der Waals surface area contributed by atoms with Crippen LogP contribution in [-0.2, 0) is 9.53 Å². The minimum Gasteiger partial charge on any atom is -0.373 e. The van der Waals surface area contributed by atoms with E-state index in [9.17, 15) is 4.79 Å².